The Labute approximate surface area is 126 Å². The van der Waals surface area contributed by atoms with E-state index in [1.54, 1.807) is 0 Å². The van der Waals surface area contributed by atoms with Crippen LogP contribution in [0.25, 0.3) is 0 Å². The fourth-order valence-corrected chi connectivity index (χ4v) is 14.3. The van der Waals surface area contributed by atoms with E-state index in [9.17, 15) is 0 Å². The van der Waals surface area contributed by atoms with Crippen molar-refractivity contribution in [2.45, 2.75) is 65.2 Å². The molecule has 1 rings (SSSR count). The summed E-state index contributed by atoms with van der Waals surface area (Å²) in [6, 6.07) is 10.7. The lowest BCUT2D eigenvalue weighted by molar-refractivity contribution is 0.222. The SMILES string of the molecule is CC(C)O[Si](C)(C)C[Si](C)(OC(C)C)c1ccccc1. The fraction of sp³-hybridized carbons (Fsp3) is 0.625. The molecule has 0 aliphatic carbocycles. The average Bonchev–Trinajstić information content (AvgIpc) is 2.26. The van der Waals surface area contributed by atoms with E-state index in [1.807, 2.05) is 0 Å². The van der Waals surface area contributed by atoms with Crippen molar-refractivity contribution in [1.82, 2.24) is 0 Å². The monoisotopic (exact) mass is 310 g/mol. The number of rotatable bonds is 7. The Kier molecular flexibility index (Phi) is 6.19. The van der Waals surface area contributed by atoms with Crippen molar-refractivity contribution in [2.24, 2.45) is 0 Å². The van der Waals surface area contributed by atoms with E-state index in [1.165, 1.54) is 5.19 Å². The predicted octanol–water partition coefficient (Wildman–Crippen LogP) is 4.06. The second-order valence-corrected chi connectivity index (χ2v) is 15.3. The van der Waals surface area contributed by atoms with Crippen molar-refractivity contribution in [1.29, 1.82) is 0 Å². The topological polar surface area (TPSA) is 18.5 Å². The van der Waals surface area contributed by atoms with Crippen LogP contribution in [-0.2, 0) is 8.85 Å². The molecule has 1 atom stereocenters. The zero-order valence-electron chi connectivity index (χ0n) is 14.1. The molecule has 1 unspecified atom stereocenters. The molecular formula is C16H30O2Si2. The summed E-state index contributed by atoms with van der Waals surface area (Å²) in [7, 11) is -3.67. The Morgan fingerprint density at radius 2 is 1.35 bits per heavy atom. The van der Waals surface area contributed by atoms with E-state index in [2.05, 4.69) is 77.7 Å². The maximum atomic E-state index is 6.43. The van der Waals surface area contributed by atoms with Crippen LogP contribution in [0.5, 0.6) is 0 Å². The Morgan fingerprint density at radius 1 is 0.850 bits per heavy atom. The molecule has 0 spiro atoms. The average molecular weight is 311 g/mol. The van der Waals surface area contributed by atoms with Gasteiger partial charge >= 0.3 is 0 Å². The first-order valence-electron chi connectivity index (χ1n) is 7.56. The molecule has 0 aliphatic heterocycles. The van der Waals surface area contributed by atoms with E-state index in [-0.39, 0.29) is 6.10 Å². The molecule has 0 aromatic heterocycles. The molecule has 0 saturated heterocycles. The zero-order valence-corrected chi connectivity index (χ0v) is 16.1. The van der Waals surface area contributed by atoms with E-state index in [0.717, 1.165) is 5.67 Å². The highest BCUT2D eigenvalue weighted by atomic mass is 28.4. The quantitative estimate of drug-likeness (QED) is 0.707. The smallest absolute Gasteiger partial charge is 0.221 e. The molecule has 0 aliphatic rings. The molecule has 0 heterocycles. The number of hydrogen-bond acceptors (Lipinski definition) is 2. The highest BCUT2D eigenvalue weighted by Gasteiger charge is 2.41. The molecule has 1 aromatic rings. The Balaban J connectivity index is 3.01. The molecule has 114 valence electrons. The van der Waals surface area contributed by atoms with Gasteiger partial charge in [0.25, 0.3) is 0 Å². The molecule has 1 aromatic carbocycles. The van der Waals surface area contributed by atoms with Crippen LogP contribution in [0.3, 0.4) is 0 Å². The third-order valence-corrected chi connectivity index (χ3v) is 13.0. The van der Waals surface area contributed by atoms with Crippen LogP contribution in [0.15, 0.2) is 30.3 Å². The van der Waals surface area contributed by atoms with E-state index < -0.39 is 16.6 Å². The van der Waals surface area contributed by atoms with Gasteiger partial charge in [0, 0.05) is 12.2 Å². The van der Waals surface area contributed by atoms with Crippen molar-refractivity contribution in [2.75, 3.05) is 0 Å². The molecular weight excluding hydrogens is 280 g/mol. The minimum absolute atomic E-state index is 0.260. The summed E-state index contributed by atoms with van der Waals surface area (Å²) in [5, 5.41) is 1.38. The largest absolute Gasteiger partial charge is 0.415 e. The maximum Gasteiger partial charge on any atom is 0.221 e. The minimum Gasteiger partial charge on any atom is -0.415 e. The van der Waals surface area contributed by atoms with E-state index in [0.29, 0.717) is 6.10 Å². The summed E-state index contributed by atoms with van der Waals surface area (Å²) < 4.78 is 12.7. The zero-order chi connectivity index (χ0) is 15.4. The van der Waals surface area contributed by atoms with Gasteiger partial charge in [0.2, 0.25) is 8.32 Å². The highest BCUT2D eigenvalue weighted by Crippen LogP contribution is 2.24. The third-order valence-electron chi connectivity index (χ3n) is 3.20. The van der Waals surface area contributed by atoms with Gasteiger partial charge in [0.15, 0.2) is 8.32 Å². The lowest BCUT2D eigenvalue weighted by atomic mass is 10.4. The van der Waals surface area contributed by atoms with E-state index in [4.69, 9.17) is 8.85 Å². The summed E-state index contributed by atoms with van der Waals surface area (Å²) in [6.07, 6.45) is 0.556. The summed E-state index contributed by atoms with van der Waals surface area (Å²) in [4.78, 5) is 0. The van der Waals surface area contributed by atoms with E-state index >= 15 is 0 Å². The second kappa shape index (κ2) is 7.03. The van der Waals surface area contributed by atoms with Gasteiger partial charge in [-0.25, -0.2) is 0 Å². The van der Waals surface area contributed by atoms with Gasteiger partial charge in [-0.15, -0.1) is 0 Å². The van der Waals surface area contributed by atoms with Crippen molar-refractivity contribution in [3.8, 4) is 0 Å². The lowest BCUT2D eigenvalue weighted by Gasteiger charge is -2.36. The molecule has 0 amide bonds. The Hall–Kier alpha value is -0.426. The molecule has 2 nitrogen and oxygen atoms in total. The Morgan fingerprint density at radius 3 is 1.80 bits per heavy atom. The molecule has 20 heavy (non-hydrogen) atoms. The van der Waals surface area contributed by atoms with Gasteiger partial charge in [0.05, 0.1) is 0 Å². The van der Waals surface area contributed by atoms with Gasteiger partial charge in [0.1, 0.15) is 0 Å². The van der Waals surface area contributed by atoms with Crippen LogP contribution in [0, 0.1) is 0 Å². The fourth-order valence-electron chi connectivity index (χ4n) is 3.01. The first-order chi connectivity index (χ1) is 9.15. The summed E-state index contributed by atoms with van der Waals surface area (Å²) >= 11 is 0. The molecule has 0 radical (unpaired) electrons. The number of benzene rings is 1. The second-order valence-electron chi connectivity index (χ2n) is 6.87. The first-order valence-corrected chi connectivity index (χ1v) is 13.3. The molecule has 4 heteroatoms. The van der Waals surface area contributed by atoms with Crippen LogP contribution in [0.1, 0.15) is 27.7 Å². The van der Waals surface area contributed by atoms with Gasteiger partial charge < -0.3 is 8.85 Å². The summed E-state index contributed by atoms with van der Waals surface area (Å²) in [5.74, 6) is 0. The van der Waals surface area contributed by atoms with Gasteiger partial charge in [-0.05, 0) is 58.2 Å². The van der Waals surface area contributed by atoms with Crippen LogP contribution in [-0.4, -0.2) is 28.8 Å². The molecule has 0 saturated carbocycles. The lowest BCUT2D eigenvalue weighted by Crippen LogP contribution is -2.55. The molecule has 0 bridgehead atoms. The summed E-state index contributed by atoms with van der Waals surface area (Å²) in [5.41, 5.74) is 1.10. The van der Waals surface area contributed by atoms with Crippen molar-refractivity contribution in [3.63, 3.8) is 0 Å². The van der Waals surface area contributed by atoms with Gasteiger partial charge in [-0.2, -0.15) is 0 Å². The minimum atomic E-state index is -1.95. The summed E-state index contributed by atoms with van der Waals surface area (Å²) in [6.45, 7) is 15.5. The molecule has 0 N–H and O–H groups in total. The first kappa shape index (κ1) is 17.6. The van der Waals surface area contributed by atoms with Crippen LogP contribution >= 0.6 is 0 Å². The predicted molar refractivity (Wildman–Crippen MR) is 92.4 cm³/mol. The van der Waals surface area contributed by atoms with Gasteiger partial charge in [-0.1, -0.05) is 30.3 Å². The normalized spacial score (nSPS) is 15.7. The molecule has 0 fully saturated rings. The third kappa shape index (κ3) is 5.52. The number of hydrogen-bond donors (Lipinski definition) is 0. The maximum absolute atomic E-state index is 6.43. The van der Waals surface area contributed by atoms with Gasteiger partial charge in [-0.3, -0.25) is 0 Å². The van der Waals surface area contributed by atoms with Crippen molar-refractivity contribution in [3.05, 3.63) is 30.3 Å². The van der Waals surface area contributed by atoms with Crippen LogP contribution in [0.2, 0.25) is 25.3 Å². The highest BCUT2D eigenvalue weighted by molar-refractivity contribution is 6.97. The van der Waals surface area contributed by atoms with Crippen LogP contribution < -0.4 is 5.19 Å². The standard InChI is InChI=1S/C16H30O2Si2/c1-14(2)17-19(5,6)13-20(7,18-15(3)4)16-11-9-8-10-12-16/h8-12,14-15H,13H2,1-7H3. The van der Waals surface area contributed by atoms with Crippen molar-refractivity contribution >= 4 is 21.8 Å². The Bertz CT molecular complexity index is 404. The van der Waals surface area contributed by atoms with Crippen molar-refractivity contribution < 1.29 is 8.85 Å². The van der Waals surface area contributed by atoms with Crippen LogP contribution in [0.4, 0.5) is 0 Å².